The molecule has 8 nitrogen and oxygen atoms in total. The van der Waals surface area contributed by atoms with Gasteiger partial charge in [-0.15, -0.1) is 0 Å². The lowest BCUT2D eigenvalue weighted by atomic mass is 10.2. The summed E-state index contributed by atoms with van der Waals surface area (Å²) in [5, 5.41) is 0. The fourth-order valence-electron chi connectivity index (χ4n) is 2.78. The molecule has 144 valence electrons. The van der Waals surface area contributed by atoms with Gasteiger partial charge in [0.05, 0.1) is 29.6 Å². The minimum Gasteiger partial charge on any atom is -0.493 e. The number of nitrogens with one attached hydrogen (secondary N) is 2. The second kappa shape index (κ2) is 7.45. The molecule has 1 heterocycles. The van der Waals surface area contributed by atoms with E-state index >= 15 is 0 Å². The highest BCUT2D eigenvalue weighted by Crippen LogP contribution is 2.29. The van der Waals surface area contributed by atoms with Gasteiger partial charge < -0.3 is 19.4 Å². The van der Waals surface area contributed by atoms with Crippen molar-refractivity contribution in [3.05, 3.63) is 52.4 Å². The van der Waals surface area contributed by atoms with Crippen LogP contribution in [0.25, 0.3) is 11.0 Å². The minimum atomic E-state index is -3.73. The van der Waals surface area contributed by atoms with Gasteiger partial charge in [0.1, 0.15) is 0 Å². The summed E-state index contributed by atoms with van der Waals surface area (Å²) in [6.45, 7) is 2.54. The van der Waals surface area contributed by atoms with Crippen molar-refractivity contribution in [1.82, 2.24) is 14.3 Å². The SMILES string of the molecule is CCOc1ccc(CN(C)S(=O)(=O)c2ccc3[nH]c(=O)[nH]c3c2)cc1OC. The molecule has 0 aliphatic carbocycles. The molecule has 1 aromatic heterocycles. The lowest BCUT2D eigenvalue weighted by molar-refractivity contribution is 0.310. The monoisotopic (exact) mass is 391 g/mol. The van der Waals surface area contributed by atoms with Gasteiger partial charge in [0, 0.05) is 13.6 Å². The van der Waals surface area contributed by atoms with Crippen LogP contribution >= 0.6 is 0 Å². The van der Waals surface area contributed by atoms with Crippen molar-refractivity contribution in [2.45, 2.75) is 18.4 Å². The van der Waals surface area contributed by atoms with Gasteiger partial charge in [0.25, 0.3) is 0 Å². The Morgan fingerprint density at radius 2 is 1.78 bits per heavy atom. The average Bonchev–Trinajstić information content (AvgIpc) is 3.02. The Balaban J connectivity index is 1.87. The van der Waals surface area contributed by atoms with E-state index in [1.165, 1.54) is 30.6 Å². The van der Waals surface area contributed by atoms with Crippen molar-refractivity contribution in [1.29, 1.82) is 0 Å². The molecule has 0 saturated heterocycles. The van der Waals surface area contributed by atoms with Crippen molar-refractivity contribution < 1.29 is 17.9 Å². The quantitative estimate of drug-likeness (QED) is 0.642. The Labute approximate surface area is 156 Å². The fraction of sp³-hybridized carbons (Fsp3) is 0.278. The number of ether oxygens (including phenoxy) is 2. The number of aromatic nitrogens is 2. The van der Waals surface area contributed by atoms with Crippen LogP contribution in [0.4, 0.5) is 0 Å². The topological polar surface area (TPSA) is 104 Å². The van der Waals surface area contributed by atoms with E-state index in [0.717, 1.165) is 5.56 Å². The summed E-state index contributed by atoms with van der Waals surface area (Å²) in [5.41, 5.74) is 1.38. The van der Waals surface area contributed by atoms with E-state index in [1.54, 1.807) is 24.3 Å². The summed E-state index contributed by atoms with van der Waals surface area (Å²) in [4.78, 5) is 16.6. The largest absolute Gasteiger partial charge is 0.493 e. The van der Waals surface area contributed by atoms with Crippen molar-refractivity contribution in [2.75, 3.05) is 20.8 Å². The molecule has 3 rings (SSSR count). The maximum atomic E-state index is 12.9. The van der Waals surface area contributed by atoms with E-state index < -0.39 is 10.0 Å². The van der Waals surface area contributed by atoms with Crippen molar-refractivity contribution >= 4 is 21.1 Å². The van der Waals surface area contributed by atoms with Gasteiger partial charge >= 0.3 is 5.69 Å². The number of nitrogens with zero attached hydrogens (tertiary/aromatic N) is 1. The molecule has 2 aromatic carbocycles. The van der Waals surface area contributed by atoms with E-state index in [-0.39, 0.29) is 17.1 Å². The smallest absolute Gasteiger partial charge is 0.323 e. The summed E-state index contributed by atoms with van der Waals surface area (Å²) in [6, 6.07) is 9.79. The number of aromatic amines is 2. The Hall–Kier alpha value is -2.78. The lowest BCUT2D eigenvalue weighted by Crippen LogP contribution is -2.26. The number of hydrogen-bond acceptors (Lipinski definition) is 5. The Morgan fingerprint density at radius 1 is 1.04 bits per heavy atom. The molecule has 3 aromatic rings. The highest BCUT2D eigenvalue weighted by molar-refractivity contribution is 7.89. The summed E-state index contributed by atoms with van der Waals surface area (Å²) in [5.74, 6) is 1.16. The number of H-pyrrole nitrogens is 2. The average molecular weight is 391 g/mol. The Kier molecular flexibility index (Phi) is 5.24. The molecule has 0 bridgehead atoms. The van der Waals surface area contributed by atoms with Crippen LogP contribution in [0.3, 0.4) is 0 Å². The number of benzene rings is 2. The van der Waals surface area contributed by atoms with Crippen LogP contribution in [0, 0.1) is 0 Å². The number of methoxy groups -OCH3 is 1. The van der Waals surface area contributed by atoms with E-state index in [9.17, 15) is 13.2 Å². The molecule has 0 spiro atoms. The van der Waals surface area contributed by atoms with Crippen molar-refractivity contribution in [3.63, 3.8) is 0 Å². The fourth-order valence-corrected chi connectivity index (χ4v) is 3.96. The van der Waals surface area contributed by atoms with Gasteiger partial charge in [0.2, 0.25) is 10.0 Å². The van der Waals surface area contributed by atoms with E-state index in [1.807, 2.05) is 6.92 Å². The number of rotatable bonds is 7. The molecule has 0 saturated carbocycles. The molecular weight excluding hydrogens is 370 g/mol. The van der Waals surface area contributed by atoms with Crippen LogP contribution in [0.1, 0.15) is 12.5 Å². The van der Waals surface area contributed by atoms with Crippen molar-refractivity contribution in [3.8, 4) is 11.5 Å². The second-order valence-corrected chi connectivity index (χ2v) is 8.01. The third-order valence-electron chi connectivity index (χ3n) is 4.13. The first-order valence-corrected chi connectivity index (χ1v) is 9.77. The molecule has 0 unspecified atom stereocenters. The third-order valence-corrected chi connectivity index (χ3v) is 5.93. The standard InChI is InChI=1S/C18H21N3O5S/c1-4-26-16-8-5-12(9-17(16)25-3)11-21(2)27(23,24)13-6-7-14-15(10-13)20-18(22)19-14/h5-10H,4,11H2,1-3H3,(H2,19,20,22). The maximum absolute atomic E-state index is 12.9. The zero-order valence-corrected chi connectivity index (χ0v) is 16.1. The second-order valence-electron chi connectivity index (χ2n) is 5.97. The number of sulfonamides is 1. The van der Waals surface area contributed by atoms with Crippen LogP contribution in [-0.4, -0.2) is 43.5 Å². The predicted octanol–water partition coefficient (Wildman–Crippen LogP) is 2.08. The van der Waals surface area contributed by atoms with Crippen LogP contribution in [0.5, 0.6) is 11.5 Å². The molecule has 0 atom stereocenters. The molecule has 0 aliphatic heterocycles. The summed E-state index contributed by atoms with van der Waals surface area (Å²) >= 11 is 0. The first-order chi connectivity index (χ1) is 12.8. The minimum absolute atomic E-state index is 0.102. The predicted molar refractivity (Wildman–Crippen MR) is 102 cm³/mol. The number of hydrogen-bond donors (Lipinski definition) is 2. The molecule has 0 amide bonds. The molecule has 0 aliphatic rings. The Bertz CT molecular complexity index is 1120. The van der Waals surface area contributed by atoms with Gasteiger partial charge in [-0.3, -0.25) is 0 Å². The molecule has 0 radical (unpaired) electrons. The lowest BCUT2D eigenvalue weighted by Gasteiger charge is -2.18. The van der Waals surface area contributed by atoms with Gasteiger partial charge in [-0.05, 0) is 42.8 Å². The maximum Gasteiger partial charge on any atom is 0.323 e. The molecule has 2 N–H and O–H groups in total. The summed E-state index contributed by atoms with van der Waals surface area (Å²) < 4.78 is 37.8. The van der Waals surface area contributed by atoms with Crippen LogP contribution in [-0.2, 0) is 16.6 Å². The normalized spacial score (nSPS) is 11.9. The molecular formula is C18H21N3O5S. The zero-order valence-electron chi connectivity index (χ0n) is 15.3. The zero-order chi connectivity index (χ0) is 19.6. The third kappa shape index (κ3) is 3.83. The van der Waals surface area contributed by atoms with E-state index in [4.69, 9.17) is 9.47 Å². The molecule has 9 heteroatoms. The number of fused-ring (bicyclic) bond motifs is 1. The van der Waals surface area contributed by atoms with Gasteiger partial charge in [0.15, 0.2) is 11.5 Å². The van der Waals surface area contributed by atoms with Gasteiger partial charge in [-0.2, -0.15) is 4.31 Å². The number of imidazole rings is 1. The van der Waals surface area contributed by atoms with Gasteiger partial charge in [-0.1, -0.05) is 6.07 Å². The Morgan fingerprint density at radius 3 is 2.48 bits per heavy atom. The van der Waals surface area contributed by atoms with Crippen LogP contribution in [0.15, 0.2) is 46.1 Å². The first-order valence-electron chi connectivity index (χ1n) is 8.33. The summed E-state index contributed by atoms with van der Waals surface area (Å²) in [6.07, 6.45) is 0. The van der Waals surface area contributed by atoms with E-state index in [0.29, 0.717) is 29.1 Å². The summed E-state index contributed by atoms with van der Waals surface area (Å²) in [7, 11) is -0.695. The van der Waals surface area contributed by atoms with Crippen LogP contribution < -0.4 is 15.2 Å². The van der Waals surface area contributed by atoms with Gasteiger partial charge in [-0.25, -0.2) is 13.2 Å². The molecule has 27 heavy (non-hydrogen) atoms. The van der Waals surface area contributed by atoms with E-state index in [2.05, 4.69) is 9.97 Å². The first kappa shape index (κ1) is 19.0. The van der Waals surface area contributed by atoms with Crippen LogP contribution in [0.2, 0.25) is 0 Å². The highest BCUT2D eigenvalue weighted by Gasteiger charge is 2.22. The molecule has 0 fully saturated rings. The highest BCUT2D eigenvalue weighted by atomic mass is 32.2. The van der Waals surface area contributed by atoms with Crippen molar-refractivity contribution in [2.24, 2.45) is 0 Å².